The SMILES string of the molecule is C=C(NC(CCNC)C1CCCC1)c1ccc(F)c(C#N)c1. The van der Waals surface area contributed by atoms with E-state index in [1.165, 1.54) is 31.7 Å². The van der Waals surface area contributed by atoms with Crippen LogP contribution in [0.2, 0.25) is 0 Å². The molecule has 1 saturated carbocycles. The van der Waals surface area contributed by atoms with Gasteiger partial charge >= 0.3 is 0 Å². The second kappa shape index (κ2) is 7.95. The maximum absolute atomic E-state index is 13.4. The van der Waals surface area contributed by atoms with Crippen LogP contribution in [0.15, 0.2) is 24.8 Å². The van der Waals surface area contributed by atoms with Crippen LogP contribution in [0.4, 0.5) is 4.39 Å². The summed E-state index contributed by atoms with van der Waals surface area (Å²) in [6.45, 7) is 5.04. The van der Waals surface area contributed by atoms with Crippen LogP contribution in [0.25, 0.3) is 5.70 Å². The number of nitrogens with zero attached hydrogens (tertiary/aromatic N) is 1. The van der Waals surface area contributed by atoms with Crippen LogP contribution < -0.4 is 10.6 Å². The summed E-state index contributed by atoms with van der Waals surface area (Å²) in [6.07, 6.45) is 6.13. The van der Waals surface area contributed by atoms with E-state index in [0.29, 0.717) is 12.0 Å². The Morgan fingerprint density at radius 2 is 2.18 bits per heavy atom. The van der Waals surface area contributed by atoms with Gasteiger partial charge in [-0.1, -0.05) is 19.4 Å². The highest BCUT2D eigenvalue weighted by Gasteiger charge is 2.25. The lowest BCUT2D eigenvalue weighted by Gasteiger charge is -2.27. The molecular formula is C18H24FN3. The van der Waals surface area contributed by atoms with Crippen molar-refractivity contribution in [2.75, 3.05) is 13.6 Å². The predicted molar refractivity (Wildman–Crippen MR) is 87.6 cm³/mol. The molecule has 4 heteroatoms. The Kier molecular flexibility index (Phi) is 5.97. The van der Waals surface area contributed by atoms with E-state index in [2.05, 4.69) is 17.2 Å². The molecule has 0 radical (unpaired) electrons. The van der Waals surface area contributed by atoms with Crippen molar-refractivity contribution in [2.45, 2.75) is 38.1 Å². The molecule has 0 bridgehead atoms. The maximum atomic E-state index is 13.4. The molecule has 0 spiro atoms. The molecule has 0 aromatic heterocycles. The zero-order valence-corrected chi connectivity index (χ0v) is 13.2. The summed E-state index contributed by atoms with van der Waals surface area (Å²) < 4.78 is 13.4. The quantitative estimate of drug-likeness (QED) is 0.811. The van der Waals surface area contributed by atoms with Crippen LogP contribution in [0, 0.1) is 23.1 Å². The van der Waals surface area contributed by atoms with Crippen LogP contribution in [0.1, 0.15) is 43.2 Å². The Balaban J connectivity index is 2.08. The lowest BCUT2D eigenvalue weighted by molar-refractivity contribution is 0.372. The minimum absolute atomic E-state index is 0.0630. The number of nitriles is 1. The topological polar surface area (TPSA) is 47.8 Å². The lowest BCUT2D eigenvalue weighted by Crippen LogP contribution is -2.36. The van der Waals surface area contributed by atoms with Gasteiger partial charge in [0, 0.05) is 11.7 Å². The van der Waals surface area contributed by atoms with Crippen LogP contribution in [0.5, 0.6) is 0 Å². The normalized spacial score (nSPS) is 16.2. The van der Waals surface area contributed by atoms with E-state index in [0.717, 1.165) is 24.2 Å². The van der Waals surface area contributed by atoms with Gasteiger partial charge in [-0.15, -0.1) is 0 Å². The van der Waals surface area contributed by atoms with Gasteiger partial charge in [-0.25, -0.2) is 4.39 Å². The summed E-state index contributed by atoms with van der Waals surface area (Å²) in [5, 5.41) is 15.7. The Hall–Kier alpha value is -1.86. The minimum Gasteiger partial charge on any atom is -0.382 e. The van der Waals surface area contributed by atoms with Crippen molar-refractivity contribution in [2.24, 2.45) is 5.92 Å². The second-order valence-electron chi connectivity index (χ2n) is 5.97. The molecule has 2 N–H and O–H groups in total. The third-order valence-corrected chi connectivity index (χ3v) is 4.47. The van der Waals surface area contributed by atoms with E-state index in [4.69, 9.17) is 5.26 Å². The summed E-state index contributed by atoms with van der Waals surface area (Å²) in [5.41, 5.74) is 1.61. The van der Waals surface area contributed by atoms with Crippen molar-refractivity contribution >= 4 is 5.70 Å². The van der Waals surface area contributed by atoms with Crippen LogP contribution in [-0.2, 0) is 0 Å². The van der Waals surface area contributed by atoms with Crippen molar-refractivity contribution in [3.63, 3.8) is 0 Å². The van der Waals surface area contributed by atoms with Gasteiger partial charge in [0.05, 0.1) is 5.56 Å². The van der Waals surface area contributed by atoms with Crippen molar-refractivity contribution in [1.82, 2.24) is 10.6 Å². The molecule has 118 valence electrons. The van der Waals surface area contributed by atoms with Gasteiger partial charge in [-0.05, 0) is 62.5 Å². The third-order valence-electron chi connectivity index (χ3n) is 4.47. The fraction of sp³-hybridized carbons (Fsp3) is 0.500. The molecule has 1 aliphatic carbocycles. The van der Waals surface area contributed by atoms with Gasteiger partial charge in [0.2, 0.25) is 0 Å². The predicted octanol–water partition coefficient (Wildman–Crippen LogP) is 3.43. The summed E-state index contributed by atoms with van der Waals surface area (Å²) in [7, 11) is 1.96. The Morgan fingerprint density at radius 1 is 1.45 bits per heavy atom. The molecule has 0 saturated heterocycles. The Morgan fingerprint density at radius 3 is 2.82 bits per heavy atom. The Bertz CT molecular complexity index is 556. The van der Waals surface area contributed by atoms with Crippen LogP contribution >= 0.6 is 0 Å². The molecule has 0 amide bonds. The molecule has 1 aliphatic rings. The minimum atomic E-state index is -0.485. The molecule has 22 heavy (non-hydrogen) atoms. The summed E-state index contributed by atoms with van der Waals surface area (Å²) in [4.78, 5) is 0. The first-order chi connectivity index (χ1) is 10.7. The highest BCUT2D eigenvalue weighted by Crippen LogP contribution is 2.30. The van der Waals surface area contributed by atoms with Gasteiger partial charge in [0.25, 0.3) is 0 Å². The van der Waals surface area contributed by atoms with E-state index >= 15 is 0 Å². The molecule has 1 aromatic carbocycles. The average Bonchev–Trinajstić information content (AvgIpc) is 3.06. The fourth-order valence-corrected chi connectivity index (χ4v) is 3.19. The van der Waals surface area contributed by atoms with Gasteiger partial charge in [-0.3, -0.25) is 0 Å². The molecule has 2 rings (SSSR count). The highest BCUT2D eigenvalue weighted by atomic mass is 19.1. The zero-order valence-electron chi connectivity index (χ0n) is 13.2. The fourth-order valence-electron chi connectivity index (χ4n) is 3.19. The van der Waals surface area contributed by atoms with Crippen LogP contribution in [-0.4, -0.2) is 19.6 Å². The van der Waals surface area contributed by atoms with Gasteiger partial charge < -0.3 is 10.6 Å². The highest BCUT2D eigenvalue weighted by molar-refractivity contribution is 5.63. The Labute approximate surface area is 132 Å². The first-order valence-corrected chi connectivity index (χ1v) is 7.95. The third kappa shape index (κ3) is 4.08. The first kappa shape index (κ1) is 16.5. The summed E-state index contributed by atoms with van der Waals surface area (Å²) in [5.74, 6) is 0.183. The summed E-state index contributed by atoms with van der Waals surface area (Å²) in [6, 6.07) is 6.82. The van der Waals surface area contributed by atoms with Crippen molar-refractivity contribution in [3.8, 4) is 6.07 Å². The largest absolute Gasteiger partial charge is 0.382 e. The van der Waals surface area contributed by atoms with Gasteiger partial charge in [0.1, 0.15) is 11.9 Å². The maximum Gasteiger partial charge on any atom is 0.140 e. The molecule has 3 nitrogen and oxygen atoms in total. The molecule has 1 aromatic rings. The monoisotopic (exact) mass is 301 g/mol. The number of hydrogen-bond acceptors (Lipinski definition) is 3. The van der Waals surface area contributed by atoms with Crippen molar-refractivity contribution in [3.05, 3.63) is 41.7 Å². The van der Waals surface area contributed by atoms with Crippen molar-refractivity contribution < 1.29 is 4.39 Å². The smallest absolute Gasteiger partial charge is 0.140 e. The van der Waals surface area contributed by atoms with E-state index in [9.17, 15) is 4.39 Å². The number of rotatable bonds is 7. The number of hydrogen-bond donors (Lipinski definition) is 2. The first-order valence-electron chi connectivity index (χ1n) is 7.95. The number of halogens is 1. The average molecular weight is 301 g/mol. The van der Waals surface area contributed by atoms with E-state index < -0.39 is 5.82 Å². The van der Waals surface area contributed by atoms with E-state index in [1.54, 1.807) is 12.1 Å². The van der Waals surface area contributed by atoms with Crippen LogP contribution in [0.3, 0.4) is 0 Å². The lowest BCUT2D eigenvalue weighted by atomic mass is 9.94. The summed E-state index contributed by atoms with van der Waals surface area (Å²) >= 11 is 0. The number of nitrogens with one attached hydrogen (secondary N) is 2. The molecule has 1 atom stereocenters. The van der Waals surface area contributed by atoms with E-state index in [-0.39, 0.29) is 5.56 Å². The standard InChI is InChI=1S/C18H24FN3/c1-13(15-7-8-17(19)16(11-15)12-20)22-18(9-10-21-2)14-5-3-4-6-14/h7-8,11,14,18,21-22H,1,3-6,9-10H2,2H3. The number of benzene rings is 1. The van der Waals surface area contributed by atoms with E-state index in [1.807, 2.05) is 13.1 Å². The van der Waals surface area contributed by atoms with Gasteiger partial charge in [-0.2, -0.15) is 5.26 Å². The van der Waals surface area contributed by atoms with Gasteiger partial charge in [0.15, 0.2) is 0 Å². The second-order valence-corrected chi connectivity index (χ2v) is 5.97. The molecule has 1 unspecified atom stereocenters. The molecular weight excluding hydrogens is 277 g/mol. The molecule has 0 aliphatic heterocycles. The molecule has 1 fully saturated rings. The van der Waals surface area contributed by atoms with Crippen molar-refractivity contribution in [1.29, 1.82) is 5.26 Å². The molecule has 0 heterocycles. The zero-order chi connectivity index (χ0) is 15.9.